The van der Waals surface area contributed by atoms with Gasteiger partial charge in [-0.25, -0.2) is 0 Å². The summed E-state index contributed by atoms with van der Waals surface area (Å²) in [6.45, 7) is 0. The number of carbonyl (C=O) groups excluding carboxylic acids is 1. The fraction of sp³-hybridized carbons (Fsp3) is 0.538. The molecule has 0 bridgehead atoms. The highest BCUT2D eigenvalue weighted by molar-refractivity contribution is 5.70. The number of aliphatic carboxylic acids is 1. The van der Waals surface area contributed by atoms with Crippen molar-refractivity contribution in [2.75, 3.05) is 0 Å². The van der Waals surface area contributed by atoms with E-state index in [9.17, 15) is 9.59 Å². The van der Waals surface area contributed by atoms with Crippen LogP contribution < -0.4 is 0 Å². The van der Waals surface area contributed by atoms with Crippen molar-refractivity contribution >= 4 is 11.9 Å². The summed E-state index contributed by atoms with van der Waals surface area (Å²) in [4.78, 5) is 21.6. The summed E-state index contributed by atoms with van der Waals surface area (Å²) >= 11 is 0. The molecule has 17 heavy (non-hydrogen) atoms. The van der Waals surface area contributed by atoms with Gasteiger partial charge in [0.05, 0.1) is 0 Å². The number of carboxylic acid groups (broad SMARTS) is 1. The Bertz CT molecular complexity index is 328. The van der Waals surface area contributed by atoms with Gasteiger partial charge < -0.3 is 9.84 Å². The van der Waals surface area contributed by atoms with Gasteiger partial charge in [0.25, 0.3) is 0 Å². The number of carboxylic acids is 1. The lowest BCUT2D eigenvalue weighted by Crippen LogP contribution is -2.03. The number of hydrogen-bond acceptors (Lipinski definition) is 3. The normalized spacial score (nSPS) is 13.5. The molecule has 0 amide bonds. The lowest BCUT2D eigenvalue weighted by atomic mass is 10.1. The van der Waals surface area contributed by atoms with Gasteiger partial charge in [-0.2, -0.15) is 0 Å². The molecule has 0 radical (unpaired) electrons. The molecule has 0 heterocycles. The molecule has 0 aromatic rings. The zero-order chi connectivity index (χ0) is 12.5. The highest BCUT2D eigenvalue weighted by Gasteiger charge is 2.07. The SMILES string of the molecule is O=C(O)CCCCCCC(=O)OC1=CC=CC1. The second-order valence-corrected chi connectivity index (χ2v) is 4.05. The maximum Gasteiger partial charge on any atom is 0.310 e. The third kappa shape index (κ3) is 6.56. The number of hydrogen-bond donors (Lipinski definition) is 1. The lowest BCUT2D eigenvalue weighted by Gasteiger charge is -2.04. The molecule has 0 aliphatic heterocycles. The molecule has 0 atom stereocenters. The first-order chi connectivity index (χ1) is 8.18. The van der Waals surface area contributed by atoms with E-state index in [1.807, 2.05) is 12.2 Å². The van der Waals surface area contributed by atoms with Crippen molar-refractivity contribution in [1.29, 1.82) is 0 Å². The molecule has 1 aliphatic carbocycles. The van der Waals surface area contributed by atoms with E-state index in [4.69, 9.17) is 9.84 Å². The molecule has 0 aromatic carbocycles. The zero-order valence-electron chi connectivity index (χ0n) is 9.85. The Morgan fingerprint density at radius 1 is 1.18 bits per heavy atom. The van der Waals surface area contributed by atoms with Crippen LogP contribution in [-0.2, 0) is 14.3 Å². The summed E-state index contributed by atoms with van der Waals surface area (Å²) in [5.74, 6) is -0.246. The summed E-state index contributed by atoms with van der Waals surface area (Å²) in [6, 6.07) is 0. The zero-order valence-corrected chi connectivity index (χ0v) is 9.85. The highest BCUT2D eigenvalue weighted by Crippen LogP contribution is 2.13. The summed E-state index contributed by atoms with van der Waals surface area (Å²) < 4.78 is 5.12. The van der Waals surface area contributed by atoms with Crippen LogP contribution in [0.5, 0.6) is 0 Å². The first-order valence-electron chi connectivity index (χ1n) is 5.96. The van der Waals surface area contributed by atoms with Gasteiger partial charge in [-0.1, -0.05) is 25.0 Å². The van der Waals surface area contributed by atoms with Crippen LogP contribution in [0, 0.1) is 0 Å². The Labute approximate surface area is 101 Å². The van der Waals surface area contributed by atoms with Crippen LogP contribution in [0.3, 0.4) is 0 Å². The van der Waals surface area contributed by atoms with Gasteiger partial charge in [0.1, 0.15) is 5.76 Å². The minimum absolute atomic E-state index is 0.196. The largest absolute Gasteiger partial charge is 0.481 e. The van der Waals surface area contributed by atoms with E-state index in [1.54, 1.807) is 6.08 Å². The van der Waals surface area contributed by atoms with Crippen molar-refractivity contribution in [3.8, 4) is 0 Å². The maximum absolute atomic E-state index is 11.4. The van der Waals surface area contributed by atoms with Gasteiger partial charge in [-0.15, -0.1) is 0 Å². The van der Waals surface area contributed by atoms with Crippen molar-refractivity contribution in [3.05, 3.63) is 24.0 Å². The van der Waals surface area contributed by atoms with Crippen LogP contribution in [-0.4, -0.2) is 17.0 Å². The van der Waals surface area contributed by atoms with Crippen LogP contribution >= 0.6 is 0 Å². The topological polar surface area (TPSA) is 63.6 Å². The molecule has 1 aliphatic rings. The number of carbonyl (C=O) groups is 2. The molecule has 1 rings (SSSR count). The molecule has 0 saturated carbocycles. The predicted octanol–water partition coefficient (Wildman–Crippen LogP) is 2.80. The molecule has 0 unspecified atom stereocenters. The molecule has 0 saturated heterocycles. The number of unbranched alkanes of at least 4 members (excludes halogenated alkanes) is 3. The molecular weight excluding hydrogens is 220 g/mol. The Hall–Kier alpha value is -1.58. The minimum Gasteiger partial charge on any atom is -0.481 e. The van der Waals surface area contributed by atoms with Crippen molar-refractivity contribution in [3.63, 3.8) is 0 Å². The van der Waals surface area contributed by atoms with E-state index in [0.717, 1.165) is 19.3 Å². The summed E-state index contributed by atoms with van der Waals surface area (Å²) in [6.07, 6.45) is 10.1. The van der Waals surface area contributed by atoms with Crippen molar-refractivity contribution in [1.82, 2.24) is 0 Å². The standard InChI is InChI=1S/C13H18O4/c14-12(15)9-3-1-2-4-10-13(16)17-11-7-5-6-8-11/h5-7H,1-4,8-10H2,(H,14,15). The minimum atomic E-state index is -0.759. The average molecular weight is 238 g/mol. The molecule has 0 fully saturated rings. The van der Waals surface area contributed by atoms with E-state index in [-0.39, 0.29) is 12.4 Å². The average Bonchev–Trinajstić information content (AvgIpc) is 2.75. The van der Waals surface area contributed by atoms with Crippen molar-refractivity contribution in [2.45, 2.75) is 44.9 Å². The first kappa shape index (κ1) is 13.5. The molecule has 4 heteroatoms. The molecule has 0 aromatic heterocycles. The first-order valence-corrected chi connectivity index (χ1v) is 5.96. The van der Waals surface area contributed by atoms with Gasteiger partial charge >= 0.3 is 11.9 Å². The Balaban J connectivity index is 1.95. The third-order valence-corrected chi connectivity index (χ3v) is 2.50. The van der Waals surface area contributed by atoms with Gasteiger partial charge in [0.15, 0.2) is 0 Å². The molecule has 1 N–H and O–H groups in total. The van der Waals surface area contributed by atoms with E-state index in [2.05, 4.69) is 0 Å². The summed E-state index contributed by atoms with van der Waals surface area (Å²) in [5, 5.41) is 8.43. The van der Waals surface area contributed by atoms with Crippen LogP contribution in [0.15, 0.2) is 24.0 Å². The van der Waals surface area contributed by atoms with Crippen LogP contribution in [0.25, 0.3) is 0 Å². The number of ether oxygens (including phenoxy) is 1. The second kappa shape index (κ2) is 7.65. The lowest BCUT2D eigenvalue weighted by molar-refractivity contribution is -0.140. The Kier molecular flexibility index (Phi) is 6.07. The van der Waals surface area contributed by atoms with E-state index >= 15 is 0 Å². The molecule has 4 nitrogen and oxygen atoms in total. The van der Waals surface area contributed by atoms with E-state index in [1.165, 1.54) is 0 Å². The van der Waals surface area contributed by atoms with Crippen LogP contribution in [0.4, 0.5) is 0 Å². The fourth-order valence-electron chi connectivity index (χ4n) is 1.60. The molecular formula is C13H18O4. The number of rotatable bonds is 8. The monoisotopic (exact) mass is 238 g/mol. The predicted molar refractivity (Wildman–Crippen MR) is 63.3 cm³/mol. The number of allylic oxidation sites excluding steroid dienone is 3. The van der Waals surface area contributed by atoms with Gasteiger partial charge in [-0.3, -0.25) is 9.59 Å². The van der Waals surface area contributed by atoms with Crippen molar-refractivity contribution in [2.24, 2.45) is 0 Å². The van der Waals surface area contributed by atoms with Gasteiger partial charge in [0.2, 0.25) is 0 Å². The van der Waals surface area contributed by atoms with Crippen molar-refractivity contribution < 1.29 is 19.4 Å². The Morgan fingerprint density at radius 2 is 1.88 bits per heavy atom. The summed E-state index contributed by atoms with van der Waals surface area (Å²) in [7, 11) is 0. The highest BCUT2D eigenvalue weighted by atomic mass is 16.5. The smallest absolute Gasteiger partial charge is 0.310 e. The Morgan fingerprint density at radius 3 is 2.47 bits per heavy atom. The van der Waals surface area contributed by atoms with Gasteiger partial charge in [0, 0.05) is 19.3 Å². The van der Waals surface area contributed by atoms with E-state index in [0.29, 0.717) is 25.0 Å². The fourth-order valence-corrected chi connectivity index (χ4v) is 1.60. The van der Waals surface area contributed by atoms with Gasteiger partial charge in [-0.05, 0) is 18.9 Å². The van der Waals surface area contributed by atoms with Crippen LogP contribution in [0.1, 0.15) is 44.9 Å². The third-order valence-electron chi connectivity index (χ3n) is 2.50. The maximum atomic E-state index is 11.4. The molecule has 94 valence electrons. The summed E-state index contributed by atoms with van der Waals surface area (Å²) in [5.41, 5.74) is 0. The second-order valence-electron chi connectivity index (χ2n) is 4.05. The quantitative estimate of drug-likeness (QED) is 0.521. The number of esters is 1. The van der Waals surface area contributed by atoms with E-state index < -0.39 is 5.97 Å². The molecule has 0 spiro atoms. The van der Waals surface area contributed by atoms with Crippen LogP contribution in [0.2, 0.25) is 0 Å².